The van der Waals surface area contributed by atoms with Gasteiger partial charge in [-0.25, -0.2) is 0 Å². The van der Waals surface area contributed by atoms with Crippen LogP contribution in [0.5, 0.6) is 0 Å². The van der Waals surface area contributed by atoms with Crippen molar-refractivity contribution in [2.45, 2.75) is 25.3 Å². The topological polar surface area (TPSA) is 32.3 Å². The quantitative estimate of drug-likeness (QED) is 0.880. The van der Waals surface area contributed by atoms with E-state index in [1.807, 2.05) is 12.1 Å². The SMILES string of the molecule is C[C@@H]1CNCCN1C(=O)C1CC1c1cccc(Br)c1.Cl. The average Bonchev–Trinajstić information content (AvgIpc) is 3.19. The number of halogens is 2. The van der Waals surface area contributed by atoms with Crippen molar-refractivity contribution in [2.24, 2.45) is 5.92 Å². The van der Waals surface area contributed by atoms with Gasteiger partial charge in [-0.15, -0.1) is 12.4 Å². The summed E-state index contributed by atoms with van der Waals surface area (Å²) in [6.07, 6.45) is 1.01. The van der Waals surface area contributed by atoms with Gasteiger partial charge in [0.1, 0.15) is 0 Å². The fraction of sp³-hybridized carbons (Fsp3) is 0.533. The summed E-state index contributed by atoms with van der Waals surface area (Å²) in [5.41, 5.74) is 1.29. The highest BCUT2D eigenvalue weighted by Crippen LogP contribution is 2.49. The Hall–Kier alpha value is -0.580. The van der Waals surface area contributed by atoms with Gasteiger partial charge in [-0.05, 0) is 37.0 Å². The molecule has 0 aromatic heterocycles. The maximum Gasteiger partial charge on any atom is 0.226 e. The molecule has 3 atom stereocenters. The fourth-order valence-corrected chi connectivity index (χ4v) is 3.37. The van der Waals surface area contributed by atoms with Crippen molar-refractivity contribution in [1.82, 2.24) is 10.2 Å². The molecule has 110 valence electrons. The van der Waals surface area contributed by atoms with E-state index in [1.54, 1.807) is 0 Å². The van der Waals surface area contributed by atoms with Crippen LogP contribution in [0.3, 0.4) is 0 Å². The predicted octanol–water partition coefficient (Wildman–Crippen LogP) is 2.79. The molecule has 0 radical (unpaired) electrons. The van der Waals surface area contributed by atoms with E-state index in [-0.39, 0.29) is 18.3 Å². The molecule has 1 saturated carbocycles. The molecule has 2 aliphatic rings. The Balaban J connectivity index is 0.00000147. The molecule has 1 N–H and O–H groups in total. The number of carbonyl (C=O) groups is 1. The van der Waals surface area contributed by atoms with Crippen LogP contribution in [0, 0.1) is 5.92 Å². The lowest BCUT2D eigenvalue weighted by molar-refractivity contribution is -0.135. The molecule has 2 fully saturated rings. The second kappa shape index (κ2) is 6.46. The van der Waals surface area contributed by atoms with Gasteiger partial charge in [-0.3, -0.25) is 4.79 Å². The van der Waals surface area contributed by atoms with E-state index in [9.17, 15) is 4.79 Å². The number of hydrogen-bond acceptors (Lipinski definition) is 2. The summed E-state index contributed by atoms with van der Waals surface area (Å²) in [6.45, 7) is 4.81. The van der Waals surface area contributed by atoms with Crippen LogP contribution in [0.25, 0.3) is 0 Å². The normalized spacial score (nSPS) is 28.7. The van der Waals surface area contributed by atoms with Gasteiger partial charge >= 0.3 is 0 Å². The van der Waals surface area contributed by atoms with Crippen LogP contribution in [0.15, 0.2) is 28.7 Å². The minimum absolute atomic E-state index is 0. The molecular weight excluding hydrogens is 340 g/mol. The Bertz CT molecular complexity index is 497. The minimum atomic E-state index is 0. The zero-order valence-electron chi connectivity index (χ0n) is 11.5. The molecule has 0 bridgehead atoms. The number of nitrogens with one attached hydrogen (secondary N) is 1. The van der Waals surface area contributed by atoms with Crippen molar-refractivity contribution in [3.8, 4) is 0 Å². The van der Waals surface area contributed by atoms with Crippen LogP contribution in [0.4, 0.5) is 0 Å². The van der Waals surface area contributed by atoms with Crippen LogP contribution >= 0.6 is 28.3 Å². The summed E-state index contributed by atoms with van der Waals surface area (Å²) in [4.78, 5) is 14.6. The zero-order valence-corrected chi connectivity index (χ0v) is 13.9. The van der Waals surface area contributed by atoms with Crippen LogP contribution in [0.2, 0.25) is 0 Å². The Morgan fingerprint density at radius 1 is 1.45 bits per heavy atom. The molecule has 1 aromatic rings. The summed E-state index contributed by atoms with van der Waals surface area (Å²) >= 11 is 3.50. The van der Waals surface area contributed by atoms with E-state index in [0.717, 1.165) is 30.5 Å². The third-order valence-electron chi connectivity index (χ3n) is 4.17. The lowest BCUT2D eigenvalue weighted by atomic mass is 10.1. The number of nitrogens with zero attached hydrogens (tertiary/aromatic N) is 1. The molecule has 3 rings (SSSR count). The first-order valence-electron chi connectivity index (χ1n) is 6.93. The van der Waals surface area contributed by atoms with Crippen molar-refractivity contribution in [1.29, 1.82) is 0 Å². The Kier molecular flexibility index (Phi) is 5.10. The number of rotatable bonds is 2. The largest absolute Gasteiger partial charge is 0.337 e. The molecular formula is C15H20BrClN2O. The molecule has 1 heterocycles. The van der Waals surface area contributed by atoms with Crippen LogP contribution < -0.4 is 5.32 Å². The first-order valence-corrected chi connectivity index (χ1v) is 7.73. The Morgan fingerprint density at radius 2 is 2.25 bits per heavy atom. The highest BCUT2D eigenvalue weighted by Gasteiger charge is 2.46. The van der Waals surface area contributed by atoms with Gasteiger partial charge in [0.05, 0.1) is 0 Å². The van der Waals surface area contributed by atoms with Gasteiger partial charge in [0.2, 0.25) is 5.91 Å². The standard InChI is InChI=1S/C15H19BrN2O.ClH/c1-10-9-17-5-6-18(10)15(19)14-8-13(14)11-3-2-4-12(16)7-11;/h2-4,7,10,13-14,17H,5-6,8-9H2,1H3;1H/t10-,13?,14?;/m1./s1. The van der Waals surface area contributed by atoms with Crippen molar-refractivity contribution in [2.75, 3.05) is 19.6 Å². The Labute approximate surface area is 134 Å². The molecule has 20 heavy (non-hydrogen) atoms. The van der Waals surface area contributed by atoms with Crippen LogP contribution in [-0.2, 0) is 4.79 Å². The molecule has 1 aromatic carbocycles. The zero-order chi connectivity index (χ0) is 13.4. The van der Waals surface area contributed by atoms with Crippen LogP contribution in [-0.4, -0.2) is 36.5 Å². The number of amides is 1. The lowest BCUT2D eigenvalue weighted by Crippen LogP contribution is -2.52. The molecule has 5 heteroatoms. The predicted molar refractivity (Wildman–Crippen MR) is 86.3 cm³/mol. The van der Waals surface area contributed by atoms with E-state index in [2.05, 4.69) is 45.2 Å². The third kappa shape index (κ3) is 3.18. The molecule has 3 nitrogen and oxygen atoms in total. The minimum Gasteiger partial charge on any atom is -0.337 e. The van der Waals surface area contributed by atoms with Crippen molar-refractivity contribution in [3.05, 3.63) is 34.3 Å². The second-order valence-corrected chi connectivity index (χ2v) is 6.50. The third-order valence-corrected chi connectivity index (χ3v) is 4.66. The summed E-state index contributed by atoms with van der Waals surface area (Å²) in [5, 5.41) is 3.33. The van der Waals surface area contributed by atoms with Gasteiger partial charge in [-0.1, -0.05) is 28.1 Å². The van der Waals surface area contributed by atoms with E-state index in [4.69, 9.17) is 0 Å². The highest BCUT2D eigenvalue weighted by atomic mass is 79.9. The smallest absolute Gasteiger partial charge is 0.226 e. The van der Waals surface area contributed by atoms with Crippen LogP contribution in [0.1, 0.15) is 24.8 Å². The number of piperazine rings is 1. The van der Waals surface area contributed by atoms with Gasteiger partial charge in [-0.2, -0.15) is 0 Å². The summed E-state index contributed by atoms with van der Waals surface area (Å²) in [5.74, 6) is 0.973. The number of benzene rings is 1. The number of hydrogen-bond donors (Lipinski definition) is 1. The summed E-state index contributed by atoms with van der Waals surface area (Å²) < 4.78 is 1.10. The van der Waals surface area contributed by atoms with Crippen molar-refractivity contribution < 1.29 is 4.79 Å². The van der Waals surface area contributed by atoms with Gasteiger partial charge in [0, 0.05) is 36.1 Å². The first kappa shape index (κ1) is 15.8. The van der Waals surface area contributed by atoms with E-state index in [0.29, 0.717) is 17.9 Å². The second-order valence-electron chi connectivity index (χ2n) is 5.59. The molecule has 0 spiro atoms. The Morgan fingerprint density at radius 3 is 2.95 bits per heavy atom. The van der Waals surface area contributed by atoms with Gasteiger partial charge in [0.15, 0.2) is 0 Å². The fourth-order valence-electron chi connectivity index (χ4n) is 2.95. The average molecular weight is 360 g/mol. The van der Waals surface area contributed by atoms with Gasteiger partial charge in [0.25, 0.3) is 0 Å². The first-order chi connectivity index (χ1) is 9.16. The molecule has 1 aliphatic heterocycles. The maximum absolute atomic E-state index is 12.5. The lowest BCUT2D eigenvalue weighted by Gasteiger charge is -2.34. The highest BCUT2D eigenvalue weighted by molar-refractivity contribution is 9.10. The molecule has 2 unspecified atom stereocenters. The van der Waals surface area contributed by atoms with E-state index < -0.39 is 0 Å². The summed E-state index contributed by atoms with van der Waals surface area (Å²) in [6, 6.07) is 8.67. The molecule has 1 amide bonds. The molecule has 1 saturated heterocycles. The maximum atomic E-state index is 12.5. The van der Waals surface area contributed by atoms with Gasteiger partial charge < -0.3 is 10.2 Å². The molecule has 1 aliphatic carbocycles. The van der Waals surface area contributed by atoms with Crippen molar-refractivity contribution >= 4 is 34.2 Å². The van der Waals surface area contributed by atoms with E-state index >= 15 is 0 Å². The number of carbonyl (C=O) groups excluding carboxylic acids is 1. The summed E-state index contributed by atoms with van der Waals surface area (Å²) in [7, 11) is 0. The van der Waals surface area contributed by atoms with Crippen molar-refractivity contribution in [3.63, 3.8) is 0 Å². The van der Waals surface area contributed by atoms with E-state index in [1.165, 1.54) is 5.56 Å². The monoisotopic (exact) mass is 358 g/mol.